The van der Waals surface area contributed by atoms with Crippen molar-refractivity contribution in [2.45, 2.75) is 32.6 Å². The van der Waals surface area contributed by atoms with E-state index in [1.54, 1.807) is 37.8 Å². The molecule has 0 saturated carbocycles. The van der Waals surface area contributed by atoms with Crippen LogP contribution in [0.2, 0.25) is 0 Å². The molecule has 0 atom stereocenters. The maximum Gasteiger partial charge on any atom is 0.272 e. The molecule has 1 aromatic heterocycles. The van der Waals surface area contributed by atoms with Crippen LogP contribution in [0.4, 0.5) is 4.39 Å². The summed E-state index contributed by atoms with van der Waals surface area (Å²) >= 11 is 0. The summed E-state index contributed by atoms with van der Waals surface area (Å²) in [5.41, 5.74) is 3.05. The first-order valence-electron chi connectivity index (χ1n) is 11.2. The zero-order valence-electron chi connectivity index (χ0n) is 20.1. The van der Waals surface area contributed by atoms with Crippen LogP contribution in [-0.4, -0.2) is 69.9 Å². The Balaban J connectivity index is 1.58. The number of carbonyl (C=O) groups is 1. The first-order chi connectivity index (χ1) is 16.6. The summed E-state index contributed by atoms with van der Waals surface area (Å²) in [7, 11) is -3.71. The fraction of sp³-hybridized carbons (Fsp3) is 0.333. The minimum Gasteiger partial charge on any atom is -0.335 e. The molecule has 3 aromatic rings. The highest BCUT2D eigenvalue weighted by molar-refractivity contribution is 7.89. The van der Waals surface area contributed by atoms with Crippen LogP contribution in [0.5, 0.6) is 0 Å². The van der Waals surface area contributed by atoms with Crippen molar-refractivity contribution in [3.63, 3.8) is 0 Å². The minimum atomic E-state index is -3.71. The van der Waals surface area contributed by atoms with Crippen LogP contribution in [0.15, 0.2) is 41.3 Å². The Morgan fingerprint density at radius 1 is 1.00 bits per heavy atom. The molecule has 0 unspecified atom stereocenters. The van der Waals surface area contributed by atoms with Gasteiger partial charge in [0.1, 0.15) is 11.5 Å². The van der Waals surface area contributed by atoms with E-state index in [-0.39, 0.29) is 37.8 Å². The SMILES string of the molecule is Cc1cc(C)c(S(=O)(=O)N2CCN(C(=O)C(=Cc3cccc(F)c3)n3nnnc3C)CC2)c(C)c1. The summed E-state index contributed by atoms with van der Waals surface area (Å²) in [5.74, 6) is -0.406. The third-order valence-corrected chi connectivity index (χ3v) is 8.16. The molecule has 2 aromatic carbocycles. The molecular weight excluding hydrogens is 471 g/mol. The van der Waals surface area contributed by atoms with E-state index in [0.29, 0.717) is 27.4 Å². The van der Waals surface area contributed by atoms with Crippen molar-refractivity contribution in [1.29, 1.82) is 0 Å². The molecule has 0 spiro atoms. The van der Waals surface area contributed by atoms with E-state index in [1.807, 2.05) is 19.1 Å². The van der Waals surface area contributed by atoms with Crippen molar-refractivity contribution in [2.75, 3.05) is 26.2 Å². The summed E-state index contributed by atoms with van der Waals surface area (Å²) in [4.78, 5) is 15.4. The van der Waals surface area contributed by atoms with Crippen LogP contribution in [-0.2, 0) is 14.8 Å². The third-order valence-electron chi connectivity index (χ3n) is 5.95. The number of hydrogen-bond acceptors (Lipinski definition) is 6. The molecule has 1 aliphatic rings. The highest BCUT2D eigenvalue weighted by atomic mass is 32.2. The summed E-state index contributed by atoms with van der Waals surface area (Å²) < 4.78 is 43.3. The predicted molar refractivity (Wildman–Crippen MR) is 129 cm³/mol. The number of amides is 1. The van der Waals surface area contributed by atoms with E-state index >= 15 is 0 Å². The summed E-state index contributed by atoms with van der Waals surface area (Å²) in [6, 6.07) is 9.57. The van der Waals surface area contributed by atoms with Gasteiger partial charge in [0, 0.05) is 26.2 Å². The van der Waals surface area contributed by atoms with Crippen molar-refractivity contribution in [2.24, 2.45) is 0 Å². The van der Waals surface area contributed by atoms with Crippen molar-refractivity contribution in [3.05, 3.63) is 70.3 Å². The Labute approximate surface area is 203 Å². The highest BCUT2D eigenvalue weighted by Gasteiger charge is 2.33. The molecule has 1 saturated heterocycles. The van der Waals surface area contributed by atoms with Crippen LogP contribution in [0, 0.1) is 33.5 Å². The maximum absolute atomic E-state index is 13.7. The number of aryl methyl sites for hydroxylation is 4. The van der Waals surface area contributed by atoms with Crippen molar-refractivity contribution >= 4 is 27.7 Å². The number of nitrogens with zero attached hydrogens (tertiary/aromatic N) is 6. The average molecular weight is 499 g/mol. The molecule has 9 nitrogen and oxygen atoms in total. The topological polar surface area (TPSA) is 101 Å². The Bertz CT molecular complexity index is 1390. The first kappa shape index (κ1) is 24.7. The fourth-order valence-electron chi connectivity index (χ4n) is 4.42. The van der Waals surface area contributed by atoms with Gasteiger partial charge in [-0.3, -0.25) is 4.79 Å². The number of tetrazole rings is 1. The van der Waals surface area contributed by atoms with Crippen LogP contribution in [0.1, 0.15) is 28.1 Å². The van der Waals surface area contributed by atoms with Crippen LogP contribution in [0.25, 0.3) is 11.8 Å². The number of aromatic nitrogens is 4. The first-order valence-corrected chi connectivity index (χ1v) is 12.6. The molecule has 11 heteroatoms. The van der Waals surface area contributed by atoms with Gasteiger partial charge in [-0.2, -0.15) is 8.99 Å². The van der Waals surface area contributed by atoms with Crippen molar-refractivity contribution in [1.82, 2.24) is 29.4 Å². The standard InChI is InChI=1S/C24H27FN6O3S/c1-16-12-17(2)23(18(3)13-16)35(33,34)30-10-8-29(9-11-30)24(32)22(31-19(4)26-27-28-31)15-20-6-5-7-21(25)14-20/h5-7,12-15H,8-11H2,1-4H3. The predicted octanol–water partition coefficient (Wildman–Crippen LogP) is 2.58. The van der Waals surface area contributed by atoms with Crippen LogP contribution < -0.4 is 0 Å². The molecule has 0 aliphatic carbocycles. The van der Waals surface area contributed by atoms with Crippen molar-refractivity contribution in [3.8, 4) is 0 Å². The van der Waals surface area contributed by atoms with E-state index in [0.717, 1.165) is 5.56 Å². The van der Waals surface area contributed by atoms with E-state index < -0.39 is 15.8 Å². The molecule has 35 heavy (non-hydrogen) atoms. The quantitative estimate of drug-likeness (QED) is 0.501. The van der Waals surface area contributed by atoms with Crippen molar-refractivity contribution < 1.29 is 17.6 Å². The Morgan fingerprint density at radius 2 is 1.66 bits per heavy atom. The van der Waals surface area contributed by atoms with Gasteiger partial charge in [0.05, 0.1) is 4.90 Å². The Morgan fingerprint density at radius 3 is 2.23 bits per heavy atom. The van der Waals surface area contributed by atoms with E-state index in [9.17, 15) is 17.6 Å². The fourth-order valence-corrected chi connectivity index (χ4v) is 6.25. The molecule has 0 radical (unpaired) electrons. The number of sulfonamides is 1. The van der Waals surface area contributed by atoms with Crippen LogP contribution in [0.3, 0.4) is 0 Å². The van der Waals surface area contributed by atoms with E-state index in [4.69, 9.17) is 0 Å². The van der Waals surface area contributed by atoms with Gasteiger partial charge in [0.2, 0.25) is 10.0 Å². The monoisotopic (exact) mass is 498 g/mol. The lowest BCUT2D eigenvalue weighted by Gasteiger charge is -2.35. The lowest BCUT2D eigenvalue weighted by molar-refractivity contribution is -0.126. The lowest BCUT2D eigenvalue weighted by Crippen LogP contribution is -2.51. The number of piperazine rings is 1. The molecule has 1 aliphatic heterocycles. The summed E-state index contributed by atoms with van der Waals surface area (Å²) in [5, 5.41) is 11.4. The summed E-state index contributed by atoms with van der Waals surface area (Å²) in [6.07, 6.45) is 1.52. The number of benzene rings is 2. The number of rotatable bonds is 5. The summed E-state index contributed by atoms with van der Waals surface area (Å²) in [6.45, 7) is 7.89. The molecule has 184 valence electrons. The molecule has 0 bridgehead atoms. The molecule has 4 rings (SSSR count). The van der Waals surface area contributed by atoms with Crippen LogP contribution >= 0.6 is 0 Å². The van der Waals surface area contributed by atoms with Gasteiger partial charge in [-0.15, -0.1) is 5.10 Å². The lowest BCUT2D eigenvalue weighted by atomic mass is 10.1. The molecular formula is C24H27FN6O3S. The Kier molecular flexibility index (Phi) is 6.82. The highest BCUT2D eigenvalue weighted by Crippen LogP contribution is 2.26. The number of hydrogen-bond donors (Lipinski definition) is 0. The van der Waals surface area contributed by atoms with Gasteiger partial charge < -0.3 is 4.90 Å². The van der Waals surface area contributed by atoms with Gasteiger partial charge in [-0.05, 0) is 73.0 Å². The average Bonchev–Trinajstić information content (AvgIpc) is 3.22. The zero-order chi connectivity index (χ0) is 25.3. The number of halogens is 1. The van der Waals surface area contributed by atoms with Gasteiger partial charge >= 0.3 is 0 Å². The molecule has 2 heterocycles. The van der Waals surface area contributed by atoms with E-state index in [1.165, 1.54) is 27.2 Å². The maximum atomic E-state index is 13.7. The minimum absolute atomic E-state index is 0.152. The number of carbonyl (C=O) groups excluding carboxylic acids is 1. The second kappa shape index (κ2) is 9.67. The van der Waals surface area contributed by atoms with E-state index in [2.05, 4.69) is 15.5 Å². The molecule has 1 fully saturated rings. The normalized spacial score (nSPS) is 15.5. The second-order valence-electron chi connectivity index (χ2n) is 8.65. The third kappa shape index (κ3) is 5.01. The molecule has 0 N–H and O–H groups in total. The van der Waals surface area contributed by atoms with Gasteiger partial charge in [-0.25, -0.2) is 12.8 Å². The van der Waals surface area contributed by atoms with Gasteiger partial charge in [0.25, 0.3) is 5.91 Å². The van der Waals surface area contributed by atoms with Gasteiger partial charge in [-0.1, -0.05) is 29.8 Å². The zero-order valence-corrected chi connectivity index (χ0v) is 20.9. The van der Waals surface area contributed by atoms with Gasteiger partial charge in [0.15, 0.2) is 5.82 Å². The largest absolute Gasteiger partial charge is 0.335 e. The Hall–Kier alpha value is -3.44. The second-order valence-corrected chi connectivity index (χ2v) is 10.5. The molecule has 1 amide bonds. The smallest absolute Gasteiger partial charge is 0.272 e.